The fourth-order valence-electron chi connectivity index (χ4n) is 3.66. The minimum atomic E-state index is -3.53. The molecule has 1 amide bonds. The van der Waals surface area contributed by atoms with Crippen molar-refractivity contribution in [3.8, 4) is 11.1 Å². The summed E-state index contributed by atoms with van der Waals surface area (Å²) in [4.78, 5) is 11.5. The molecule has 0 unspecified atom stereocenters. The van der Waals surface area contributed by atoms with Crippen molar-refractivity contribution >= 4 is 51.7 Å². The van der Waals surface area contributed by atoms with Crippen molar-refractivity contribution in [2.24, 2.45) is 5.73 Å². The van der Waals surface area contributed by atoms with Gasteiger partial charge in [-0.15, -0.1) is 0 Å². The quantitative estimate of drug-likeness (QED) is 0.301. The van der Waals surface area contributed by atoms with Crippen LogP contribution < -0.4 is 20.6 Å². The van der Waals surface area contributed by atoms with Crippen LogP contribution in [0.4, 0.5) is 11.4 Å². The Morgan fingerprint density at radius 3 is 2.24 bits per heavy atom. The Morgan fingerprint density at radius 2 is 1.68 bits per heavy atom. The molecule has 0 aromatic heterocycles. The number of rotatable bonds is 9. The fourth-order valence-corrected chi connectivity index (χ4v) is 4.44. The first kappa shape index (κ1) is 26.2. The molecule has 0 spiro atoms. The average molecular weight is 507 g/mol. The van der Waals surface area contributed by atoms with Crippen LogP contribution in [0.3, 0.4) is 0 Å². The highest BCUT2D eigenvalue weighted by molar-refractivity contribution is 7.92. The van der Waals surface area contributed by atoms with Crippen molar-refractivity contribution in [1.82, 2.24) is 0 Å². The molecule has 0 bridgehead atoms. The summed E-state index contributed by atoms with van der Waals surface area (Å²) in [6, 6.07) is 10.6. The van der Waals surface area contributed by atoms with E-state index < -0.39 is 34.3 Å². The molecule has 12 heteroatoms. The number of primary amides is 1. The summed E-state index contributed by atoms with van der Waals surface area (Å²) in [5.74, 6) is -0.438. The Hall–Kier alpha value is -2.41. The van der Waals surface area contributed by atoms with Gasteiger partial charge in [0.25, 0.3) is 0 Å². The van der Waals surface area contributed by atoms with Crippen LogP contribution in [-0.2, 0) is 42.4 Å². The highest BCUT2D eigenvalue weighted by Gasteiger charge is 2.51. The van der Waals surface area contributed by atoms with Gasteiger partial charge in [-0.1, -0.05) is 18.2 Å². The summed E-state index contributed by atoms with van der Waals surface area (Å²) in [5.41, 5.74) is 8.20. The first-order valence-corrected chi connectivity index (χ1v) is 13.4. The molecule has 0 saturated carbocycles. The zero-order valence-electron chi connectivity index (χ0n) is 19.8. The van der Waals surface area contributed by atoms with Crippen molar-refractivity contribution < 1.29 is 26.7 Å². The predicted molar refractivity (Wildman–Crippen MR) is 137 cm³/mol. The molecular formula is C22H30BN3O6S2. The first-order chi connectivity index (χ1) is 15.7. The average Bonchev–Trinajstić information content (AvgIpc) is 2.92. The van der Waals surface area contributed by atoms with Crippen molar-refractivity contribution in [3.05, 3.63) is 42.0 Å². The number of benzene rings is 2. The summed E-state index contributed by atoms with van der Waals surface area (Å²) in [7, 11) is -4.11. The van der Waals surface area contributed by atoms with Crippen LogP contribution >= 0.6 is 0 Å². The molecule has 0 atom stereocenters. The third-order valence-corrected chi connectivity index (χ3v) is 6.97. The van der Waals surface area contributed by atoms with Gasteiger partial charge < -0.3 is 19.8 Å². The SMILES string of the molecule is CC1(C)OB(c2ccc(-c3cc(N[SH]=O)cc(NS(C)(=O)=O)c3)c(CCC(N)=O)c2)OC1(C)C. The summed E-state index contributed by atoms with van der Waals surface area (Å²) >= 11 is -0.331. The maximum absolute atomic E-state index is 11.8. The normalized spacial score (nSPS) is 16.9. The smallest absolute Gasteiger partial charge is 0.399 e. The van der Waals surface area contributed by atoms with Gasteiger partial charge in [-0.05, 0) is 74.5 Å². The third-order valence-electron chi connectivity index (χ3n) is 6.02. The van der Waals surface area contributed by atoms with Crippen LogP contribution in [0, 0.1) is 0 Å². The number of sulfonamides is 1. The van der Waals surface area contributed by atoms with Gasteiger partial charge in [-0.25, -0.2) is 12.6 Å². The Balaban J connectivity index is 2.08. The topological polar surface area (TPSA) is 137 Å². The maximum atomic E-state index is 11.8. The number of carbonyl (C=O) groups excluding carboxylic acids is 1. The number of thiol groups is 1. The molecule has 1 aliphatic rings. The molecule has 2 aromatic rings. The van der Waals surface area contributed by atoms with Crippen LogP contribution in [0.5, 0.6) is 0 Å². The zero-order chi connectivity index (χ0) is 25.3. The van der Waals surface area contributed by atoms with Gasteiger partial charge in [0.15, 0.2) is 0 Å². The molecule has 184 valence electrons. The summed E-state index contributed by atoms with van der Waals surface area (Å²) in [6.07, 6.45) is 1.55. The van der Waals surface area contributed by atoms with Gasteiger partial charge in [0.1, 0.15) is 11.9 Å². The number of nitrogens with two attached hydrogens (primary N) is 1. The van der Waals surface area contributed by atoms with E-state index in [9.17, 15) is 17.4 Å². The van der Waals surface area contributed by atoms with E-state index in [1.165, 1.54) is 6.07 Å². The molecule has 3 rings (SSSR count). The second kappa shape index (κ2) is 9.69. The standard InChI is InChI=1S/C22H30BN3O6S2/c1-21(2)22(3,4)32-23(31-21)16-7-8-19(14(10-16)6-9-20(24)27)15-11-17(25-33-28)13-18(12-15)26-34(5,29)30/h7-8,10-13,26,33H,6,9H2,1-5H3,(H2,24,27)(H,25,28). The van der Waals surface area contributed by atoms with Gasteiger partial charge in [0.2, 0.25) is 15.9 Å². The Kier molecular flexibility index (Phi) is 7.47. The lowest BCUT2D eigenvalue weighted by Gasteiger charge is -2.32. The number of carbonyl (C=O) groups is 1. The largest absolute Gasteiger partial charge is 0.494 e. The van der Waals surface area contributed by atoms with Gasteiger partial charge in [0, 0.05) is 12.1 Å². The number of nitrogens with one attached hydrogen (secondary N) is 2. The van der Waals surface area contributed by atoms with Crippen molar-refractivity contribution in [2.75, 3.05) is 15.7 Å². The third kappa shape index (κ3) is 6.18. The monoisotopic (exact) mass is 507 g/mol. The Morgan fingerprint density at radius 1 is 1.06 bits per heavy atom. The summed E-state index contributed by atoms with van der Waals surface area (Å²) < 4.78 is 52.1. The zero-order valence-corrected chi connectivity index (χ0v) is 21.5. The van der Waals surface area contributed by atoms with Gasteiger partial charge in [0.05, 0.1) is 23.1 Å². The van der Waals surface area contributed by atoms with E-state index in [2.05, 4.69) is 9.44 Å². The number of amides is 1. The molecule has 0 aliphatic carbocycles. The molecule has 1 heterocycles. The summed E-state index contributed by atoms with van der Waals surface area (Å²) in [5, 5.41) is 0. The lowest BCUT2D eigenvalue weighted by Crippen LogP contribution is -2.41. The van der Waals surface area contributed by atoms with Gasteiger partial charge in [-0.3, -0.25) is 9.52 Å². The van der Waals surface area contributed by atoms with E-state index in [1.807, 2.05) is 45.9 Å². The number of hydrogen-bond donors (Lipinski definition) is 4. The van der Waals surface area contributed by atoms with Crippen molar-refractivity contribution in [3.63, 3.8) is 0 Å². The molecule has 2 aromatic carbocycles. The molecule has 4 N–H and O–H groups in total. The number of aryl methyl sites for hydroxylation is 1. The Bertz CT molecular complexity index is 1200. The van der Waals surface area contributed by atoms with E-state index in [-0.39, 0.29) is 18.3 Å². The van der Waals surface area contributed by atoms with Crippen LogP contribution in [0.25, 0.3) is 11.1 Å². The molecule has 34 heavy (non-hydrogen) atoms. The molecule has 1 aliphatic heterocycles. The second-order valence-electron chi connectivity index (χ2n) is 9.35. The predicted octanol–water partition coefficient (Wildman–Crippen LogP) is 1.71. The van der Waals surface area contributed by atoms with Crippen LogP contribution in [-0.4, -0.2) is 43.1 Å². The van der Waals surface area contributed by atoms with Crippen LogP contribution in [0.15, 0.2) is 36.4 Å². The van der Waals surface area contributed by atoms with Crippen molar-refractivity contribution in [1.29, 1.82) is 0 Å². The second-order valence-corrected chi connectivity index (χ2v) is 11.5. The maximum Gasteiger partial charge on any atom is 0.494 e. The van der Waals surface area contributed by atoms with Crippen LogP contribution in [0.1, 0.15) is 39.7 Å². The molecular weight excluding hydrogens is 477 g/mol. The number of hydrogen-bond acceptors (Lipinski definition) is 6. The van der Waals surface area contributed by atoms with Gasteiger partial charge >= 0.3 is 7.12 Å². The van der Waals surface area contributed by atoms with E-state index >= 15 is 0 Å². The van der Waals surface area contributed by atoms with Gasteiger partial charge in [-0.2, -0.15) is 0 Å². The van der Waals surface area contributed by atoms with Crippen molar-refractivity contribution in [2.45, 2.75) is 51.7 Å². The lowest BCUT2D eigenvalue weighted by molar-refractivity contribution is -0.117. The highest BCUT2D eigenvalue weighted by atomic mass is 32.2. The minimum absolute atomic E-state index is 0.130. The lowest BCUT2D eigenvalue weighted by atomic mass is 9.76. The Labute approximate surface area is 204 Å². The fraction of sp³-hybridized carbons (Fsp3) is 0.409. The number of anilines is 2. The van der Waals surface area contributed by atoms with E-state index in [1.54, 1.807) is 12.1 Å². The van der Waals surface area contributed by atoms with E-state index in [4.69, 9.17) is 15.0 Å². The molecule has 9 nitrogen and oxygen atoms in total. The minimum Gasteiger partial charge on any atom is -0.399 e. The van der Waals surface area contributed by atoms with E-state index in [0.29, 0.717) is 23.4 Å². The molecule has 1 saturated heterocycles. The highest BCUT2D eigenvalue weighted by Crippen LogP contribution is 2.37. The molecule has 0 radical (unpaired) electrons. The summed E-state index contributed by atoms with van der Waals surface area (Å²) in [6.45, 7) is 7.89. The molecule has 1 fully saturated rings. The van der Waals surface area contributed by atoms with Crippen LogP contribution in [0.2, 0.25) is 0 Å². The van der Waals surface area contributed by atoms with E-state index in [0.717, 1.165) is 22.8 Å². The first-order valence-electron chi connectivity index (χ1n) is 10.7.